The smallest absolute Gasteiger partial charge is 0.192 e. The molecule has 3 rings (SSSR count). The largest absolute Gasteiger partial charge is 0.298 e. The quantitative estimate of drug-likeness (QED) is 0.314. The summed E-state index contributed by atoms with van der Waals surface area (Å²) in [4.78, 5) is 12.3. The first-order valence-corrected chi connectivity index (χ1v) is 9.27. The van der Waals surface area contributed by atoms with Crippen LogP contribution in [0.1, 0.15) is 10.4 Å². The number of allylic oxidation sites excluding steroid dienone is 1. The van der Waals surface area contributed by atoms with Crippen LogP contribution in [0.25, 0.3) is 11.4 Å². The minimum absolute atomic E-state index is 0.0148. The SMILES string of the molecule is C=CCn1c(SCC(=O)c2ccc(F)c(F)c2)nnc1-c1ccc(Cl)cc1. The highest BCUT2D eigenvalue weighted by molar-refractivity contribution is 7.99. The van der Waals surface area contributed by atoms with Crippen molar-refractivity contribution in [2.45, 2.75) is 11.7 Å². The molecule has 138 valence electrons. The summed E-state index contributed by atoms with van der Waals surface area (Å²) in [5.41, 5.74) is 0.932. The van der Waals surface area contributed by atoms with E-state index in [-0.39, 0.29) is 17.1 Å². The molecule has 0 amide bonds. The maximum atomic E-state index is 13.3. The summed E-state index contributed by atoms with van der Waals surface area (Å²) >= 11 is 7.09. The van der Waals surface area contributed by atoms with E-state index in [0.29, 0.717) is 22.5 Å². The Kier molecular flexibility index (Phi) is 6.03. The molecule has 0 saturated carbocycles. The number of thioether (sulfide) groups is 1. The zero-order chi connectivity index (χ0) is 19.4. The van der Waals surface area contributed by atoms with Gasteiger partial charge < -0.3 is 0 Å². The lowest BCUT2D eigenvalue weighted by molar-refractivity contribution is 0.102. The molecule has 1 aromatic heterocycles. The molecule has 0 spiro atoms. The van der Waals surface area contributed by atoms with Gasteiger partial charge in [0.05, 0.1) is 5.75 Å². The summed E-state index contributed by atoms with van der Waals surface area (Å²) in [5.74, 6) is -1.74. The highest BCUT2D eigenvalue weighted by Gasteiger charge is 2.16. The molecule has 0 aliphatic heterocycles. The molecule has 2 aromatic carbocycles. The average Bonchev–Trinajstić information content (AvgIpc) is 3.05. The van der Waals surface area contributed by atoms with Crippen LogP contribution in [0.2, 0.25) is 5.02 Å². The molecule has 27 heavy (non-hydrogen) atoms. The van der Waals surface area contributed by atoms with Gasteiger partial charge in [0.2, 0.25) is 0 Å². The van der Waals surface area contributed by atoms with E-state index >= 15 is 0 Å². The Balaban J connectivity index is 1.80. The van der Waals surface area contributed by atoms with E-state index < -0.39 is 11.6 Å². The number of nitrogens with zero attached hydrogens (tertiary/aromatic N) is 3. The molecule has 3 aromatic rings. The fraction of sp³-hybridized carbons (Fsp3) is 0.105. The Morgan fingerprint density at radius 2 is 1.89 bits per heavy atom. The molecule has 0 aliphatic carbocycles. The molecule has 8 heteroatoms. The van der Waals surface area contributed by atoms with Gasteiger partial charge in [-0.3, -0.25) is 9.36 Å². The summed E-state index contributed by atoms with van der Waals surface area (Å²) < 4.78 is 28.1. The maximum absolute atomic E-state index is 13.3. The Morgan fingerprint density at radius 3 is 2.56 bits per heavy atom. The van der Waals surface area contributed by atoms with Gasteiger partial charge >= 0.3 is 0 Å². The van der Waals surface area contributed by atoms with Crippen LogP contribution < -0.4 is 0 Å². The van der Waals surface area contributed by atoms with E-state index in [0.717, 1.165) is 17.7 Å². The first-order valence-electron chi connectivity index (χ1n) is 7.90. The molecular weight excluding hydrogens is 392 g/mol. The highest BCUT2D eigenvalue weighted by atomic mass is 35.5. The molecule has 0 radical (unpaired) electrons. The number of hydrogen-bond acceptors (Lipinski definition) is 4. The second kappa shape index (κ2) is 8.45. The third-order valence-electron chi connectivity index (χ3n) is 3.70. The number of ketones is 1. The molecule has 0 N–H and O–H groups in total. The Morgan fingerprint density at radius 1 is 1.15 bits per heavy atom. The van der Waals surface area contributed by atoms with Crippen molar-refractivity contribution in [2.75, 3.05) is 5.75 Å². The number of rotatable bonds is 7. The number of carbonyl (C=O) groups is 1. The van der Waals surface area contributed by atoms with Crippen molar-refractivity contribution < 1.29 is 13.6 Å². The molecule has 0 aliphatic rings. The maximum Gasteiger partial charge on any atom is 0.192 e. The molecular formula is C19H14ClF2N3OS. The normalized spacial score (nSPS) is 10.8. The fourth-order valence-electron chi connectivity index (χ4n) is 2.38. The third kappa shape index (κ3) is 4.43. The fourth-order valence-corrected chi connectivity index (χ4v) is 3.35. The number of halogens is 3. The monoisotopic (exact) mass is 405 g/mol. The molecule has 0 fully saturated rings. The van der Waals surface area contributed by atoms with Crippen molar-refractivity contribution >= 4 is 29.1 Å². The van der Waals surface area contributed by atoms with E-state index in [9.17, 15) is 13.6 Å². The van der Waals surface area contributed by atoms with Crippen molar-refractivity contribution in [3.05, 3.63) is 77.3 Å². The number of hydrogen-bond donors (Lipinski definition) is 0. The molecule has 0 atom stereocenters. The average molecular weight is 406 g/mol. The highest BCUT2D eigenvalue weighted by Crippen LogP contribution is 2.26. The lowest BCUT2D eigenvalue weighted by Crippen LogP contribution is -2.06. The van der Waals surface area contributed by atoms with Gasteiger partial charge in [-0.1, -0.05) is 29.4 Å². The van der Waals surface area contributed by atoms with Crippen molar-refractivity contribution in [3.8, 4) is 11.4 Å². The van der Waals surface area contributed by atoms with E-state index in [1.165, 1.54) is 17.8 Å². The predicted molar refractivity (Wildman–Crippen MR) is 102 cm³/mol. The minimum Gasteiger partial charge on any atom is -0.298 e. The zero-order valence-electron chi connectivity index (χ0n) is 14.0. The predicted octanol–water partition coefficient (Wildman–Crippen LogP) is 5.04. The summed E-state index contributed by atoms with van der Waals surface area (Å²) in [6, 6.07) is 10.2. The van der Waals surface area contributed by atoms with Gasteiger partial charge in [0, 0.05) is 22.7 Å². The van der Waals surface area contributed by atoms with Crippen LogP contribution in [-0.4, -0.2) is 26.3 Å². The summed E-state index contributed by atoms with van der Waals surface area (Å²) in [6.07, 6.45) is 1.70. The van der Waals surface area contributed by atoms with E-state index in [2.05, 4.69) is 16.8 Å². The van der Waals surface area contributed by atoms with Gasteiger partial charge in [-0.05, 0) is 42.5 Å². The van der Waals surface area contributed by atoms with E-state index in [1.54, 1.807) is 18.2 Å². The molecule has 0 unspecified atom stereocenters. The summed E-state index contributed by atoms with van der Waals surface area (Å²) in [6.45, 7) is 4.19. The minimum atomic E-state index is -1.05. The summed E-state index contributed by atoms with van der Waals surface area (Å²) in [7, 11) is 0. The lowest BCUT2D eigenvalue weighted by atomic mass is 10.1. The van der Waals surface area contributed by atoms with Crippen LogP contribution >= 0.6 is 23.4 Å². The Bertz CT molecular complexity index is 989. The summed E-state index contributed by atoms with van der Waals surface area (Å²) in [5, 5.41) is 9.47. The van der Waals surface area contributed by atoms with Crippen LogP contribution in [0.15, 0.2) is 60.3 Å². The van der Waals surface area contributed by atoms with Crippen LogP contribution in [0, 0.1) is 11.6 Å². The van der Waals surface area contributed by atoms with Crippen molar-refractivity contribution in [1.82, 2.24) is 14.8 Å². The second-order valence-electron chi connectivity index (χ2n) is 5.55. The molecule has 0 bridgehead atoms. The van der Waals surface area contributed by atoms with Crippen molar-refractivity contribution in [3.63, 3.8) is 0 Å². The lowest BCUT2D eigenvalue weighted by Gasteiger charge is -2.08. The number of benzene rings is 2. The number of Topliss-reactive ketones (excluding diaryl/α,β-unsaturated/α-hetero) is 1. The van der Waals surface area contributed by atoms with Crippen molar-refractivity contribution in [1.29, 1.82) is 0 Å². The van der Waals surface area contributed by atoms with Crippen LogP contribution in [0.4, 0.5) is 8.78 Å². The van der Waals surface area contributed by atoms with Gasteiger partial charge in [0.1, 0.15) is 0 Å². The van der Waals surface area contributed by atoms with Gasteiger partial charge in [-0.25, -0.2) is 8.78 Å². The van der Waals surface area contributed by atoms with Crippen molar-refractivity contribution in [2.24, 2.45) is 0 Å². The standard InChI is InChI=1S/C19H14ClF2N3OS/c1-2-9-25-18(12-3-6-14(20)7-4-12)23-24-19(25)27-11-17(26)13-5-8-15(21)16(22)10-13/h2-8,10H,1,9,11H2. The van der Waals surface area contributed by atoms with Crippen LogP contribution in [0.3, 0.4) is 0 Å². The topological polar surface area (TPSA) is 47.8 Å². The molecule has 1 heterocycles. The van der Waals surface area contributed by atoms with E-state index in [4.69, 9.17) is 11.6 Å². The Hall–Kier alpha value is -2.51. The third-order valence-corrected chi connectivity index (χ3v) is 4.92. The number of carbonyl (C=O) groups excluding carboxylic acids is 1. The van der Waals surface area contributed by atoms with Gasteiger partial charge in [0.25, 0.3) is 0 Å². The first kappa shape index (κ1) is 19.3. The van der Waals surface area contributed by atoms with Gasteiger partial charge in [-0.2, -0.15) is 0 Å². The first-order chi connectivity index (χ1) is 13.0. The van der Waals surface area contributed by atoms with Crippen LogP contribution in [0.5, 0.6) is 0 Å². The zero-order valence-corrected chi connectivity index (χ0v) is 15.6. The van der Waals surface area contributed by atoms with Gasteiger partial charge in [0.15, 0.2) is 28.4 Å². The number of aromatic nitrogens is 3. The van der Waals surface area contributed by atoms with E-state index in [1.807, 2.05) is 16.7 Å². The van der Waals surface area contributed by atoms with Gasteiger partial charge in [-0.15, -0.1) is 16.8 Å². The molecule has 0 saturated heterocycles. The van der Waals surface area contributed by atoms with Crippen LogP contribution in [-0.2, 0) is 6.54 Å². The molecule has 4 nitrogen and oxygen atoms in total. The second-order valence-corrected chi connectivity index (χ2v) is 6.93. The Labute approximate surface area is 163 Å².